The Balaban J connectivity index is 3.17. The molecular formula is HClO4Se. The van der Waals surface area contributed by atoms with Crippen LogP contribution in [0.15, 0.2) is 0 Å². The van der Waals surface area contributed by atoms with Crippen molar-refractivity contribution in [3.63, 3.8) is 0 Å². The topological polar surface area (TPSA) is 78.4 Å². The van der Waals surface area contributed by atoms with Crippen molar-refractivity contribution in [2.75, 3.05) is 0 Å². The molecule has 0 heterocycles. The maximum atomic E-state index is 9.18. The van der Waals surface area contributed by atoms with Crippen molar-refractivity contribution < 1.29 is 27.6 Å². The van der Waals surface area contributed by atoms with Gasteiger partial charge in [0.25, 0.3) is 0 Å². The molecule has 0 unspecified atom stereocenters. The Hall–Kier alpha value is 0.649. The average Bonchev–Trinajstić information content (AvgIpc) is 1.35. The van der Waals surface area contributed by atoms with Crippen molar-refractivity contribution >= 4 is 16.3 Å². The Morgan fingerprint density at radius 3 is 1.50 bits per heavy atom. The van der Waals surface area contributed by atoms with Gasteiger partial charge < -0.3 is 0 Å². The summed E-state index contributed by atoms with van der Waals surface area (Å²) in [6.45, 7) is 0. The van der Waals surface area contributed by atoms with Crippen molar-refractivity contribution in [2.45, 2.75) is 0 Å². The van der Waals surface area contributed by atoms with E-state index in [4.69, 9.17) is 0 Å². The minimum absolute atomic E-state index is 1.18. The summed E-state index contributed by atoms with van der Waals surface area (Å²) >= 11 is 1.18. The van der Waals surface area contributed by atoms with Crippen LogP contribution in [0.3, 0.4) is 0 Å². The van der Waals surface area contributed by atoms with Crippen LogP contribution >= 0.6 is 0 Å². The average molecular weight is 179 g/mol. The molecule has 0 aromatic rings. The fourth-order valence-corrected chi connectivity index (χ4v) is 0. The van der Waals surface area contributed by atoms with Crippen LogP contribution in [0.2, 0.25) is 0 Å². The van der Waals surface area contributed by atoms with E-state index in [-0.39, 0.29) is 0 Å². The molecule has 6 heteroatoms. The molecule has 0 spiro atoms. The summed E-state index contributed by atoms with van der Waals surface area (Å²) in [5.41, 5.74) is 0. The van der Waals surface area contributed by atoms with Gasteiger partial charge in [0.15, 0.2) is 0 Å². The van der Waals surface area contributed by atoms with Gasteiger partial charge in [0.2, 0.25) is 0 Å². The molecule has 0 aromatic carbocycles. The molecule has 0 radical (unpaired) electrons. The molecule has 0 rings (SSSR count). The summed E-state index contributed by atoms with van der Waals surface area (Å²) in [7, 11) is -4.21. The second-order valence-electron chi connectivity index (χ2n) is 0.447. The molecule has 6 heavy (non-hydrogen) atoms. The van der Waals surface area contributed by atoms with Gasteiger partial charge >= 0.3 is 43.9 Å². The fourth-order valence-electron chi connectivity index (χ4n) is 0. The predicted molar refractivity (Wildman–Crippen MR) is 8.23 cm³/mol. The monoisotopic (exact) mass is 180 g/mol. The molecular weight excluding hydrogens is 178 g/mol. The molecule has 0 atom stereocenters. The van der Waals surface area contributed by atoms with Crippen LogP contribution in [0.25, 0.3) is 0 Å². The second-order valence-corrected chi connectivity index (χ2v) is 2.21. The molecule has 0 bridgehead atoms. The summed E-state index contributed by atoms with van der Waals surface area (Å²) in [5, 5.41) is 0. The number of hydrogen-bond acceptors (Lipinski definition) is 4. The summed E-state index contributed by atoms with van der Waals surface area (Å²) in [6.07, 6.45) is 0. The Morgan fingerprint density at radius 2 is 1.50 bits per heavy atom. The zero-order valence-electron chi connectivity index (χ0n) is 2.46. The molecule has 0 fully saturated rings. The van der Waals surface area contributed by atoms with Crippen LogP contribution in [0.5, 0.6) is 0 Å². The first-order chi connectivity index (χ1) is 2.56. The Kier molecular flexibility index (Phi) is 2.31. The van der Waals surface area contributed by atoms with E-state index < -0.39 is 10.2 Å². The number of hydrogen-bond donors (Lipinski definition) is 0. The Labute approximate surface area is 44.6 Å². The summed E-state index contributed by atoms with van der Waals surface area (Å²) in [4.78, 5) is 0. The van der Waals surface area contributed by atoms with E-state index in [2.05, 4.69) is 3.37 Å². The van der Waals surface area contributed by atoms with E-state index in [1.54, 1.807) is 0 Å². The van der Waals surface area contributed by atoms with Crippen molar-refractivity contribution in [3.05, 3.63) is 0 Å². The third kappa shape index (κ3) is 4.65. The van der Waals surface area contributed by atoms with Gasteiger partial charge in [-0.2, -0.15) is 0 Å². The van der Waals surface area contributed by atoms with E-state index in [1.165, 1.54) is 16.3 Å². The minimum atomic E-state index is -4.21. The Morgan fingerprint density at radius 1 is 1.33 bits per heavy atom. The maximum absolute atomic E-state index is 9.18. The van der Waals surface area contributed by atoms with Crippen LogP contribution < -0.4 is 14.0 Å². The van der Waals surface area contributed by atoms with Crippen molar-refractivity contribution in [1.29, 1.82) is 0 Å². The molecule has 0 amide bonds. The van der Waals surface area contributed by atoms with E-state index in [0.717, 1.165) is 0 Å². The van der Waals surface area contributed by atoms with Gasteiger partial charge in [-0.15, -0.1) is 0 Å². The molecule has 0 saturated carbocycles. The molecule has 0 aliphatic carbocycles. The third-order valence-corrected chi connectivity index (χ3v) is 1.32. The van der Waals surface area contributed by atoms with E-state index in [0.29, 0.717) is 0 Å². The van der Waals surface area contributed by atoms with Crippen LogP contribution in [0, 0.1) is 10.2 Å². The van der Waals surface area contributed by atoms with Gasteiger partial charge in [0.1, 0.15) is 0 Å². The van der Waals surface area contributed by atoms with Gasteiger partial charge in [0.05, 0.1) is 0 Å². The first-order valence-corrected chi connectivity index (χ1v) is 2.80. The summed E-state index contributed by atoms with van der Waals surface area (Å²) in [5.74, 6) is 0. The fraction of sp³-hybridized carbons (Fsp3) is 0. The van der Waals surface area contributed by atoms with E-state index in [9.17, 15) is 14.0 Å². The van der Waals surface area contributed by atoms with Gasteiger partial charge in [-0.1, -0.05) is 0 Å². The van der Waals surface area contributed by atoms with Gasteiger partial charge in [-0.25, -0.2) is 0 Å². The normalized spacial score (nSPS) is 12.0. The molecule has 0 aliphatic rings. The standard InChI is InChI=1S/ClHO4Se/c2-1(3,4)5-6/h6H. The molecule has 0 aromatic heterocycles. The van der Waals surface area contributed by atoms with Crippen LogP contribution in [-0.4, -0.2) is 16.3 Å². The first kappa shape index (κ1) is 6.65. The third-order valence-electron chi connectivity index (χ3n) is 0.0845. The summed E-state index contributed by atoms with van der Waals surface area (Å²) in [6, 6.07) is 0. The molecule has 4 nitrogen and oxygen atoms in total. The molecule has 0 saturated heterocycles. The van der Waals surface area contributed by atoms with Gasteiger partial charge in [-0.3, -0.25) is 0 Å². The van der Waals surface area contributed by atoms with Gasteiger partial charge in [0, 0.05) is 0 Å². The summed E-state index contributed by atoms with van der Waals surface area (Å²) < 4.78 is 30.8. The molecule has 0 aliphatic heterocycles. The van der Waals surface area contributed by atoms with E-state index in [1.807, 2.05) is 0 Å². The number of rotatable bonds is 1. The molecule has 0 N–H and O–H groups in total. The predicted octanol–water partition coefficient (Wildman–Crippen LogP) is -4.28. The SMILES string of the molecule is [O-][Cl+3]([O-])([O-])O[SeH]. The van der Waals surface area contributed by atoms with Crippen LogP contribution in [-0.2, 0) is 3.37 Å². The molecule has 38 valence electrons. The Bertz CT molecular complexity index is 37.3. The van der Waals surface area contributed by atoms with Gasteiger partial charge in [-0.05, 0) is 0 Å². The zero-order valence-corrected chi connectivity index (χ0v) is 5.09. The quantitative estimate of drug-likeness (QED) is 0.382. The zero-order chi connectivity index (χ0) is 5.21. The van der Waals surface area contributed by atoms with Crippen molar-refractivity contribution in [3.8, 4) is 0 Å². The van der Waals surface area contributed by atoms with Crippen molar-refractivity contribution in [1.82, 2.24) is 0 Å². The van der Waals surface area contributed by atoms with Crippen LogP contribution in [0.1, 0.15) is 0 Å². The second kappa shape index (κ2) is 2.09. The first-order valence-electron chi connectivity index (χ1n) is 0.800. The van der Waals surface area contributed by atoms with E-state index >= 15 is 0 Å². The van der Waals surface area contributed by atoms with Crippen molar-refractivity contribution in [2.24, 2.45) is 0 Å². The van der Waals surface area contributed by atoms with Crippen LogP contribution in [0.4, 0.5) is 0 Å². The number of halogens is 1.